The van der Waals surface area contributed by atoms with Crippen molar-refractivity contribution in [1.29, 1.82) is 0 Å². The first kappa shape index (κ1) is 36.4. The summed E-state index contributed by atoms with van der Waals surface area (Å²) >= 11 is 0. The SMILES string of the molecule is Cc1ccc(-n2c3ccccc3c3cc(-c4ccc(C5=CC=C(c6ccc(N(c7ccccc7)c7ccc(-c8ccccc8)cc7)cc6)CC5)c5ccccc45)ccc32)cc1. The lowest BCUT2D eigenvalue weighted by Gasteiger charge is -2.26. The molecule has 0 bridgehead atoms. The van der Waals surface area contributed by atoms with Gasteiger partial charge in [0, 0.05) is 33.5 Å². The fraction of sp³-hybridized carbons (Fsp3) is 0.0508. The third-order valence-corrected chi connectivity index (χ3v) is 12.4. The number of fused-ring (bicyclic) bond motifs is 4. The number of aromatic nitrogens is 1. The van der Waals surface area contributed by atoms with Gasteiger partial charge in [-0.25, -0.2) is 0 Å². The van der Waals surface area contributed by atoms with Crippen LogP contribution in [0.15, 0.2) is 224 Å². The van der Waals surface area contributed by atoms with Crippen LogP contribution in [0.25, 0.3) is 71.7 Å². The van der Waals surface area contributed by atoms with E-state index in [0.29, 0.717) is 0 Å². The maximum Gasteiger partial charge on any atom is 0.0541 e. The molecule has 9 aromatic carbocycles. The molecule has 1 aliphatic carbocycles. The quantitative estimate of drug-likeness (QED) is 0.149. The summed E-state index contributed by atoms with van der Waals surface area (Å²) in [4.78, 5) is 2.34. The van der Waals surface area contributed by atoms with Gasteiger partial charge >= 0.3 is 0 Å². The van der Waals surface area contributed by atoms with Crippen molar-refractivity contribution in [3.63, 3.8) is 0 Å². The van der Waals surface area contributed by atoms with Crippen LogP contribution in [0.4, 0.5) is 17.1 Å². The Bertz CT molecular complexity index is 3260. The number of nitrogens with zero attached hydrogens (tertiary/aromatic N) is 2. The number of benzene rings is 9. The van der Waals surface area contributed by atoms with Gasteiger partial charge in [0.1, 0.15) is 0 Å². The molecule has 0 radical (unpaired) electrons. The molecule has 61 heavy (non-hydrogen) atoms. The van der Waals surface area contributed by atoms with Gasteiger partial charge in [-0.05, 0) is 142 Å². The maximum absolute atomic E-state index is 2.40. The van der Waals surface area contributed by atoms with Crippen molar-refractivity contribution in [2.24, 2.45) is 0 Å². The van der Waals surface area contributed by atoms with Crippen LogP contribution in [0.1, 0.15) is 29.5 Å². The number of rotatable bonds is 8. The number of aryl methyl sites for hydroxylation is 1. The van der Waals surface area contributed by atoms with Crippen molar-refractivity contribution < 1.29 is 0 Å². The molecular weight excluding hydrogens is 737 g/mol. The third kappa shape index (κ3) is 6.73. The minimum Gasteiger partial charge on any atom is -0.311 e. The molecule has 10 aromatic rings. The predicted octanol–water partition coefficient (Wildman–Crippen LogP) is 16.3. The van der Waals surface area contributed by atoms with Gasteiger partial charge in [0.25, 0.3) is 0 Å². The molecule has 0 unspecified atom stereocenters. The molecule has 290 valence electrons. The van der Waals surface area contributed by atoms with E-state index in [1.807, 2.05) is 0 Å². The summed E-state index contributed by atoms with van der Waals surface area (Å²) in [6, 6.07) is 77.4. The predicted molar refractivity (Wildman–Crippen MR) is 260 cm³/mol. The van der Waals surface area contributed by atoms with E-state index in [-0.39, 0.29) is 0 Å². The first-order chi connectivity index (χ1) is 30.2. The summed E-state index contributed by atoms with van der Waals surface area (Å²) in [7, 11) is 0. The molecule has 1 heterocycles. The molecule has 0 spiro atoms. The highest BCUT2D eigenvalue weighted by atomic mass is 15.1. The summed E-state index contributed by atoms with van der Waals surface area (Å²) in [6.45, 7) is 2.14. The third-order valence-electron chi connectivity index (χ3n) is 12.4. The second kappa shape index (κ2) is 15.5. The minimum atomic E-state index is 0.991. The van der Waals surface area contributed by atoms with E-state index in [0.717, 1.165) is 29.9 Å². The highest BCUT2D eigenvalue weighted by Gasteiger charge is 2.18. The van der Waals surface area contributed by atoms with Crippen molar-refractivity contribution in [3.05, 3.63) is 241 Å². The highest BCUT2D eigenvalue weighted by molar-refractivity contribution is 6.12. The van der Waals surface area contributed by atoms with Gasteiger partial charge in [-0.3, -0.25) is 0 Å². The van der Waals surface area contributed by atoms with Gasteiger partial charge in [0.05, 0.1) is 11.0 Å². The van der Waals surface area contributed by atoms with E-state index in [9.17, 15) is 0 Å². The Kier molecular flexibility index (Phi) is 9.24. The monoisotopic (exact) mass is 780 g/mol. The number of allylic oxidation sites excluding steroid dienone is 4. The van der Waals surface area contributed by atoms with Crippen molar-refractivity contribution >= 4 is 60.8 Å². The van der Waals surface area contributed by atoms with Crippen molar-refractivity contribution in [1.82, 2.24) is 4.57 Å². The van der Waals surface area contributed by atoms with Crippen molar-refractivity contribution in [2.45, 2.75) is 19.8 Å². The Balaban J connectivity index is 0.897. The zero-order valence-corrected chi connectivity index (χ0v) is 34.2. The molecule has 11 rings (SSSR count). The Morgan fingerprint density at radius 3 is 1.56 bits per heavy atom. The topological polar surface area (TPSA) is 8.17 Å². The van der Waals surface area contributed by atoms with Crippen LogP contribution in [0, 0.1) is 6.92 Å². The zero-order chi connectivity index (χ0) is 40.7. The lowest BCUT2D eigenvalue weighted by molar-refractivity contribution is 1.07. The van der Waals surface area contributed by atoms with E-state index in [1.165, 1.54) is 88.4 Å². The molecule has 2 nitrogen and oxygen atoms in total. The average Bonchev–Trinajstić information content (AvgIpc) is 3.66. The molecule has 0 fully saturated rings. The summed E-state index contributed by atoms with van der Waals surface area (Å²) < 4.78 is 2.40. The Hall–Kier alpha value is -7.68. The highest BCUT2D eigenvalue weighted by Crippen LogP contribution is 2.42. The van der Waals surface area contributed by atoms with Gasteiger partial charge in [-0.15, -0.1) is 0 Å². The van der Waals surface area contributed by atoms with E-state index >= 15 is 0 Å². The fourth-order valence-electron chi connectivity index (χ4n) is 9.33. The zero-order valence-electron chi connectivity index (χ0n) is 34.2. The molecule has 0 saturated carbocycles. The summed E-state index contributed by atoms with van der Waals surface area (Å²) in [5.74, 6) is 0. The summed E-state index contributed by atoms with van der Waals surface area (Å²) in [6.07, 6.45) is 6.67. The van der Waals surface area contributed by atoms with Gasteiger partial charge in [-0.2, -0.15) is 0 Å². The number of hydrogen-bond acceptors (Lipinski definition) is 1. The van der Waals surface area contributed by atoms with Crippen LogP contribution in [0.3, 0.4) is 0 Å². The molecule has 1 aliphatic rings. The second-order valence-electron chi connectivity index (χ2n) is 16.1. The van der Waals surface area contributed by atoms with Crippen molar-refractivity contribution in [2.75, 3.05) is 4.90 Å². The number of para-hydroxylation sites is 2. The van der Waals surface area contributed by atoms with E-state index in [4.69, 9.17) is 0 Å². The lowest BCUT2D eigenvalue weighted by atomic mass is 9.86. The first-order valence-electron chi connectivity index (χ1n) is 21.3. The Morgan fingerprint density at radius 2 is 0.869 bits per heavy atom. The van der Waals surface area contributed by atoms with Crippen LogP contribution in [-0.4, -0.2) is 4.57 Å². The molecule has 0 saturated heterocycles. The van der Waals surface area contributed by atoms with Crippen LogP contribution < -0.4 is 4.90 Å². The van der Waals surface area contributed by atoms with Gasteiger partial charge in [-0.1, -0.05) is 163 Å². The van der Waals surface area contributed by atoms with Crippen LogP contribution in [0.5, 0.6) is 0 Å². The average molecular weight is 781 g/mol. The first-order valence-corrected chi connectivity index (χ1v) is 21.3. The molecule has 0 aliphatic heterocycles. The Labute approximate surface area is 357 Å². The lowest BCUT2D eigenvalue weighted by Crippen LogP contribution is -2.09. The minimum absolute atomic E-state index is 0.991. The molecule has 0 atom stereocenters. The second-order valence-corrected chi connectivity index (χ2v) is 16.1. The van der Waals surface area contributed by atoms with E-state index in [1.54, 1.807) is 0 Å². The number of hydrogen-bond donors (Lipinski definition) is 0. The molecule has 1 aromatic heterocycles. The van der Waals surface area contributed by atoms with Gasteiger partial charge < -0.3 is 9.47 Å². The summed E-state index contributed by atoms with van der Waals surface area (Å²) in [5.41, 5.74) is 18.6. The smallest absolute Gasteiger partial charge is 0.0541 e. The summed E-state index contributed by atoms with van der Waals surface area (Å²) in [5, 5.41) is 5.12. The maximum atomic E-state index is 2.40. The normalized spacial score (nSPS) is 12.7. The number of anilines is 3. The molecular formula is C59H44N2. The Morgan fingerprint density at radius 1 is 0.361 bits per heavy atom. The van der Waals surface area contributed by atoms with Gasteiger partial charge in [0.2, 0.25) is 0 Å². The fourth-order valence-corrected chi connectivity index (χ4v) is 9.33. The van der Waals surface area contributed by atoms with Crippen LogP contribution >= 0.6 is 0 Å². The van der Waals surface area contributed by atoms with Crippen molar-refractivity contribution in [3.8, 4) is 27.9 Å². The standard InChI is InChI=1S/C59H44N2/c1-41-20-31-51(32-21-41)61-58-19-11-10-18-56(58)57-40-47(30-39-59(57)61)53-38-37-52(54-16-8-9-17-55(53)54)46-24-22-43(23-25-46)45-28-35-50(36-29-45)60(48-14-6-3-7-15-48)49-33-26-44(27-34-49)42-12-4-2-5-13-42/h2-22,24,26-40H,23,25H2,1H3. The molecule has 0 amide bonds. The largest absolute Gasteiger partial charge is 0.311 e. The molecule has 0 N–H and O–H groups in total. The van der Waals surface area contributed by atoms with E-state index in [2.05, 4.69) is 241 Å². The van der Waals surface area contributed by atoms with Crippen LogP contribution in [0.2, 0.25) is 0 Å². The van der Waals surface area contributed by atoms with Gasteiger partial charge in [0.15, 0.2) is 0 Å². The molecule has 2 heteroatoms. The van der Waals surface area contributed by atoms with Crippen LogP contribution in [-0.2, 0) is 0 Å². The van der Waals surface area contributed by atoms with E-state index < -0.39 is 0 Å².